The molecule has 0 aliphatic heterocycles. The fraction of sp³-hybridized carbons (Fsp3) is 0.0857. The van der Waals surface area contributed by atoms with E-state index in [0.29, 0.717) is 0 Å². The first kappa shape index (κ1) is 21.3. The summed E-state index contributed by atoms with van der Waals surface area (Å²) in [4.78, 5) is 10.5. The van der Waals surface area contributed by atoms with Crippen LogP contribution < -0.4 is 0 Å². The Morgan fingerprint density at radius 1 is 0.526 bits per heavy atom. The van der Waals surface area contributed by atoms with Crippen molar-refractivity contribution in [1.29, 1.82) is 0 Å². The summed E-state index contributed by atoms with van der Waals surface area (Å²) >= 11 is 0. The van der Waals surface area contributed by atoms with Crippen molar-refractivity contribution in [1.82, 2.24) is 14.5 Å². The van der Waals surface area contributed by atoms with Crippen LogP contribution >= 0.6 is 0 Å². The van der Waals surface area contributed by atoms with Crippen molar-refractivity contribution in [3.63, 3.8) is 0 Å². The maximum Gasteiger partial charge on any atom is 0.162 e. The highest BCUT2D eigenvalue weighted by Crippen LogP contribution is 2.51. The molecule has 2 heterocycles. The Morgan fingerprint density at radius 3 is 1.87 bits per heavy atom. The monoisotopic (exact) mass is 487 g/mol. The quantitative estimate of drug-likeness (QED) is 0.244. The van der Waals surface area contributed by atoms with Crippen molar-refractivity contribution < 1.29 is 0 Å². The van der Waals surface area contributed by atoms with Gasteiger partial charge in [0.25, 0.3) is 0 Å². The van der Waals surface area contributed by atoms with Crippen molar-refractivity contribution in [3.8, 4) is 28.3 Å². The van der Waals surface area contributed by atoms with E-state index >= 15 is 0 Å². The van der Waals surface area contributed by atoms with Gasteiger partial charge >= 0.3 is 0 Å². The predicted octanol–water partition coefficient (Wildman–Crippen LogP) is 8.70. The molecule has 0 atom stereocenters. The van der Waals surface area contributed by atoms with Gasteiger partial charge in [-0.15, -0.1) is 0 Å². The van der Waals surface area contributed by atoms with E-state index in [-0.39, 0.29) is 5.41 Å². The average molecular weight is 488 g/mol. The second-order valence-electron chi connectivity index (χ2n) is 10.7. The molecule has 1 aliphatic rings. The van der Waals surface area contributed by atoms with Gasteiger partial charge in [-0.2, -0.15) is 0 Å². The number of aromatic nitrogens is 3. The Bertz CT molecular complexity index is 2010. The molecule has 0 radical (unpaired) electrons. The average Bonchev–Trinajstić information content (AvgIpc) is 3.42. The van der Waals surface area contributed by atoms with E-state index in [4.69, 9.17) is 9.97 Å². The van der Waals surface area contributed by atoms with Crippen molar-refractivity contribution >= 4 is 32.7 Å². The molecule has 7 aromatic rings. The molecule has 0 N–H and O–H groups in total. The van der Waals surface area contributed by atoms with Crippen molar-refractivity contribution in [3.05, 3.63) is 126 Å². The van der Waals surface area contributed by atoms with E-state index in [1.807, 2.05) is 0 Å². The number of fused-ring (bicyclic) bond motifs is 7. The van der Waals surface area contributed by atoms with Gasteiger partial charge < -0.3 is 0 Å². The molecule has 1 aliphatic carbocycles. The van der Waals surface area contributed by atoms with Crippen LogP contribution in [0, 0.1) is 0 Å². The van der Waals surface area contributed by atoms with Crippen LogP contribution in [0.25, 0.3) is 61.0 Å². The zero-order chi connectivity index (χ0) is 25.4. The van der Waals surface area contributed by atoms with Crippen LogP contribution in [0.15, 0.2) is 115 Å². The third-order valence-electron chi connectivity index (χ3n) is 8.22. The number of para-hydroxylation sites is 3. The summed E-state index contributed by atoms with van der Waals surface area (Å²) in [6.45, 7) is 4.62. The Kier molecular flexibility index (Phi) is 4.28. The minimum absolute atomic E-state index is 0.0750. The normalized spacial score (nSPS) is 13.7. The third-order valence-corrected chi connectivity index (χ3v) is 8.22. The summed E-state index contributed by atoms with van der Waals surface area (Å²) < 4.78 is 2.30. The van der Waals surface area contributed by atoms with Crippen LogP contribution in [0.3, 0.4) is 0 Å². The lowest BCUT2D eigenvalue weighted by Gasteiger charge is -2.21. The van der Waals surface area contributed by atoms with Gasteiger partial charge in [0.1, 0.15) is 5.82 Å². The highest BCUT2D eigenvalue weighted by Gasteiger charge is 2.37. The van der Waals surface area contributed by atoms with Crippen LogP contribution in [0.4, 0.5) is 0 Å². The van der Waals surface area contributed by atoms with E-state index in [9.17, 15) is 0 Å². The number of benzene rings is 5. The van der Waals surface area contributed by atoms with Gasteiger partial charge in [-0.05, 0) is 46.5 Å². The van der Waals surface area contributed by atoms with E-state index in [1.165, 1.54) is 33.0 Å². The maximum atomic E-state index is 5.36. The van der Waals surface area contributed by atoms with E-state index in [2.05, 4.69) is 134 Å². The van der Waals surface area contributed by atoms with Gasteiger partial charge in [0, 0.05) is 27.1 Å². The molecule has 8 rings (SSSR count). The summed E-state index contributed by atoms with van der Waals surface area (Å²) in [5.74, 6) is 1.66. The van der Waals surface area contributed by atoms with E-state index in [0.717, 1.165) is 39.1 Å². The Balaban J connectivity index is 1.49. The fourth-order valence-electron chi connectivity index (χ4n) is 6.44. The Morgan fingerprint density at radius 2 is 1.11 bits per heavy atom. The predicted molar refractivity (Wildman–Crippen MR) is 157 cm³/mol. The molecular formula is C35H25N3. The van der Waals surface area contributed by atoms with Gasteiger partial charge in [0.2, 0.25) is 0 Å². The van der Waals surface area contributed by atoms with Gasteiger partial charge in [-0.3, -0.25) is 4.57 Å². The molecule has 38 heavy (non-hydrogen) atoms. The molecule has 0 bridgehead atoms. The maximum absolute atomic E-state index is 5.36. The number of hydrogen-bond donors (Lipinski definition) is 0. The van der Waals surface area contributed by atoms with E-state index < -0.39 is 0 Å². The lowest BCUT2D eigenvalue weighted by atomic mass is 9.82. The molecular weight excluding hydrogens is 462 g/mol. The number of hydrogen-bond acceptors (Lipinski definition) is 2. The minimum atomic E-state index is -0.0750. The topological polar surface area (TPSA) is 30.7 Å². The highest BCUT2D eigenvalue weighted by molar-refractivity contribution is 6.10. The van der Waals surface area contributed by atoms with Crippen LogP contribution in [-0.4, -0.2) is 14.5 Å². The lowest BCUT2D eigenvalue weighted by Crippen LogP contribution is -2.14. The molecule has 0 saturated carbocycles. The minimum Gasteiger partial charge on any atom is -0.293 e. The molecule has 3 nitrogen and oxygen atoms in total. The van der Waals surface area contributed by atoms with Crippen molar-refractivity contribution in [2.45, 2.75) is 19.3 Å². The molecule has 2 aromatic heterocycles. The summed E-state index contributed by atoms with van der Waals surface area (Å²) in [5, 5.41) is 3.49. The van der Waals surface area contributed by atoms with E-state index in [1.54, 1.807) is 0 Å². The number of nitrogens with zero attached hydrogens (tertiary/aromatic N) is 3. The summed E-state index contributed by atoms with van der Waals surface area (Å²) in [6.07, 6.45) is 0. The number of rotatable bonds is 2. The molecule has 5 aromatic carbocycles. The fourth-order valence-corrected chi connectivity index (χ4v) is 6.44. The molecule has 0 unspecified atom stereocenters. The van der Waals surface area contributed by atoms with Gasteiger partial charge in [-0.1, -0.05) is 105 Å². The summed E-state index contributed by atoms with van der Waals surface area (Å²) in [6, 6.07) is 40.9. The molecule has 0 fully saturated rings. The van der Waals surface area contributed by atoms with Gasteiger partial charge in [0.05, 0.1) is 16.6 Å². The smallest absolute Gasteiger partial charge is 0.162 e. The largest absolute Gasteiger partial charge is 0.293 e. The van der Waals surface area contributed by atoms with Gasteiger partial charge in [0.15, 0.2) is 5.82 Å². The Hall–Kier alpha value is -4.76. The summed E-state index contributed by atoms with van der Waals surface area (Å²) in [7, 11) is 0. The van der Waals surface area contributed by atoms with Crippen LogP contribution in [0.1, 0.15) is 25.0 Å². The zero-order valence-corrected chi connectivity index (χ0v) is 21.3. The second kappa shape index (κ2) is 7.62. The first-order chi connectivity index (χ1) is 18.6. The molecule has 3 heteroatoms. The Labute approximate surface area is 221 Å². The molecule has 0 amide bonds. The first-order valence-electron chi connectivity index (χ1n) is 13.1. The first-order valence-corrected chi connectivity index (χ1v) is 13.1. The molecule has 0 spiro atoms. The van der Waals surface area contributed by atoms with Gasteiger partial charge in [-0.25, -0.2) is 9.97 Å². The standard InChI is InChI=1S/C35H25N3/c1-35(2)27-17-7-3-14-24(27)32-26(16-11-18-28(32)35)33-36-29-19-8-4-15-25(29)34(37-33)38-30-20-9-5-12-22(30)23-13-6-10-21-31(23)38/h3-21H,1-2H3. The zero-order valence-electron chi connectivity index (χ0n) is 21.3. The molecule has 180 valence electrons. The van der Waals surface area contributed by atoms with Crippen molar-refractivity contribution in [2.75, 3.05) is 0 Å². The lowest BCUT2D eigenvalue weighted by molar-refractivity contribution is 0.660. The summed E-state index contributed by atoms with van der Waals surface area (Å²) in [5.41, 5.74) is 9.44. The van der Waals surface area contributed by atoms with Crippen LogP contribution in [0.2, 0.25) is 0 Å². The SMILES string of the molecule is CC1(C)c2ccccc2-c2c(-c3nc(-n4c5ccccc5c5ccccc54)c4ccccc4n3)cccc21. The highest BCUT2D eigenvalue weighted by atomic mass is 15.1. The second-order valence-corrected chi connectivity index (χ2v) is 10.7. The van der Waals surface area contributed by atoms with Crippen molar-refractivity contribution in [2.24, 2.45) is 0 Å². The molecule has 0 saturated heterocycles. The van der Waals surface area contributed by atoms with Crippen LogP contribution in [-0.2, 0) is 5.41 Å². The third kappa shape index (κ3) is 2.79. The van der Waals surface area contributed by atoms with Crippen LogP contribution in [0.5, 0.6) is 0 Å².